The van der Waals surface area contributed by atoms with Crippen molar-refractivity contribution in [2.75, 3.05) is 46.6 Å². The zero-order valence-corrected chi connectivity index (χ0v) is 23.3. The van der Waals surface area contributed by atoms with Crippen LogP contribution in [-0.2, 0) is 13.2 Å². The summed E-state index contributed by atoms with van der Waals surface area (Å²) in [4.78, 5) is 4.15. The Kier molecular flexibility index (Phi) is 32.4. The highest BCUT2D eigenvalue weighted by molar-refractivity contribution is 5.79. The van der Waals surface area contributed by atoms with Crippen LogP contribution in [0.2, 0.25) is 0 Å². The van der Waals surface area contributed by atoms with E-state index in [1.807, 2.05) is 85.1 Å². The molecule has 0 radical (unpaired) electrons. The first-order valence-corrected chi connectivity index (χ1v) is 13.1. The van der Waals surface area contributed by atoms with Crippen molar-refractivity contribution in [1.29, 1.82) is 0 Å². The summed E-state index contributed by atoms with van der Waals surface area (Å²) in [5.41, 5.74) is 8.34. The van der Waals surface area contributed by atoms with Crippen LogP contribution in [0.25, 0.3) is 0 Å². The Labute approximate surface area is 234 Å². The molecule has 0 bridgehead atoms. The summed E-state index contributed by atoms with van der Waals surface area (Å²) < 4.78 is 0. The predicted octanol–water partition coefficient (Wildman–Crippen LogP) is 2.76. The van der Waals surface area contributed by atoms with Crippen molar-refractivity contribution in [3.63, 3.8) is 0 Å². The molecule has 0 fully saturated rings. The third-order valence-electron chi connectivity index (χ3n) is 4.56. The van der Waals surface area contributed by atoms with Crippen LogP contribution in [0.3, 0.4) is 0 Å². The first-order valence-electron chi connectivity index (χ1n) is 13.1. The Hall–Kier alpha value is -2.95. The average molecular weight is 544 g/mol. The Balaban J connectivity index is 0. The molecule has 0 atom stereocenters. The maximum Gasteiger partial charge on any atom is 0.0681 e. The summed E-state index contributed by atoms with van der Waals surface area (Å²) in [6, 6.07) is 29.7. The van der Waals surface area contributed by atoms with Gasteiger partial charge < -0.3 is 36.6 Å². The maximum absolute atomic E-state index is 8.54. The van der Waals surface area contributed by atoms with Gasteiger partial charge in [0.1, 0.15) is 0 Å². The molecule has 0 unspecified atom stereocenters. The van der Waals surface area contributed by atoms with Gasteiger partial charge in [0.05, 0.1) is 6.61 Å². The van der Waals surface area contributed by atoms with E-state index in [1.54, 1.807) is 0 Å². The molecular formula is C31H49N3O5. The number of hydrogen-bond acceptors (Lipinski definition) is 8. The van der Waals surface area contributed by atoms with Crippen LogP contribution in [0.15, 0.2) is 96.0 Å². The largest absolute Gasteiger partial charge is 0.400 e. The lowest BCUT2D eigenvalue weighted by Gasteiger charge is -2.02. The minimum Gasteiger partial charge on any atom is -0.400 e. The predicted molar refractivity (Wildman–Crippen MR) is 162 cm³/mol. The molecule has 3 aromatic carbocycles. The Bertz CT molecular complexity index is 852. The third kappa shape index (κ3) is 27.9. The number of aliphatic imine (C=N–C) groups is 1. The second-order valence-corrected chi connectivity index (χ2v) is 7.77. The molecule has 0 aromatic heterocycles. The second-order valence-electron chi connectivity index (χ2n) is 7.77. The molecule has 218 valence electrons. The molecule has 3 rings (SSSR count). The minimum atomic E-state index is 0.140. The van der Waals surface area contributed by atoms with Crippen LogP contribution >= 0.6 is 0 Å². The number of nitrogens with zero attached hydrogens (tertiary/aromatic N) is 1. The standard InChI is InChI=1S/C10H15NO.C10H13NO.C7H8O.C3H9NO.CH4O/c2*12-8-4-7-11-9-10-5-2-1-3-6-10;8-6-7-4-2-1-3-5-7;4-2-1-3-5;1-2/h1-3,5-6,11-12H,4,7-9H2;1-3,5-6,9,12H,4,7-8H2;1-5,8H,6H2;5H,1-4H2;2H,1H3. The Morgan fingerprint density at radius 2 is 1.15 bits per heavy atom. The lowest BCUT2D eigenvalue weighted by atomic mass is 10.2. The smallest absolute Gasteiger partial charge is 0.0681 e. The molecule has 0 saturated carbocycles. The van der Waals surface area contributed by atoms with E-state index in [2.05, 4.69) is 22.4 Å². The van der Waals surface area contributed by atoms with Gasteiger partial charge in [-0.2, -0.15) is 0 Å². The summed E-state index contributed by atoms with van der Waals surface area (Å²) in [6.07, 6.45) is 4.12. The zero-order valence-electron chi connectivity index (χ0n) is 23.3. The van der Waals surface area contributed by atoms with Gasteiger partial charge in [-0.1, -0.05) is 91.0 Å². The Morgan fingerprint density at radius 3 is 1.56 bits per heavy atom. The van der Waals surface area contributed by atoms with Gasteiger partial charge in [-0.05, 0) is 49.0 Å². The molecule has 8 N–H and O–H groups in total. The van der Waals surface area contributed by atoms with Gasteiger partial charge in [0, 0.05) is 46.2 Å². The summed E-state index contributed by atoms with van der Waals surface area (Å²) in [6.45, 7) is 3.90. The van der Waals surface area contributed by atoms with Crippen LogP contribution < -0.4 is 11.1 Å². The fourth-order valence-electron chi connectivity index (χ4n) is 2.58. The molecule has 0 aliphatic carbocycles. The molecule has 3 aromatic rings. The van der Waals surface area contributed by atoms with Gasteiger partial charge in [0.2, 0.25) is 0 Å². The van der Waals surface area contributed by atoms with Crippen LogP contribution in [0.5, 0.6) is 0 Å². The van der Waals surface area contributed by atoms with Gasteiger partial charge in [-0.25, -0.2) is 0 Å². The minimum absolute atomic E-state index is 0.140. The van der Waals surface area contributed by atoms with E-state index < -0.39 is 0 Å². The van der Waals surface area contributed by atoms with E-state index in [9.17, 15) is 0 Å². The molecule has 8 nitrogen and oxygen atoms in total. The van der Waals surface area contributed by atoms with E-state index in [-0.39, 0.29) is 26.4 Å². The summed E-state index contributed by atoms with van der Waals surface area (Å²) in [7, 11) is 1.00. The van der Waals surface area contributed by atoms with E-state index in [1.165, 1.54) is 5.56 Å². The van der Waals surface area contributed by atoms with Crippen LogP contribution in [0, 0.1) is 0 Å². The van der Waals surface area contributed by atoms with Crippen molar-refractivity contribution in [2.45, 2.75) is 32.4 Å². The summed E-state index contributed by atoms with van der Waals surface area (Å²) >= 11 is 0. The maximum atomic E-state index is 8.54. The monoisotopic (exact) mass is 543 g/mol. The van der Waals surface area contributed by atoms with Crippen molar-refractivity contribution in [1.82, 2.24) is 5.32 Å². The first kappa shape index (κ1) is 38.2. The van der Waals surface area contributed by atoms with Crippen molar-refractivity contribution >= 4 is 6.21 Å². The highest BCUT2D eigenvalue weighted by Crippen LogP contribution is 1.97. The number of hydrogen-bond donors (Lipinski definition) is 7. The fourth-order valence-corrected chi connectivity index (χ4v) is 2.58. The van der Waals surface area contributed by atoms with E-state index in [4.69, 9.17) is 31.3 Å². The van der Waals surface area contributed by atoms with Gasteiger partial charge in [-0.3, -0.25) is 4.99 Å². The van der Waals surface area contributed by atoms with Gasteiger partial charge in [0.25, 0.3) is 0 Å². The fraction of sp³-hybridized carbons (Fsp3) is 0.387. The number of rotatable bonds is 12. The number of nitrogens with one attached hydrogen (secondary N) is 1. The SMILES string of the molecule is CO.NCCCO.OCCCN=Cc1ccccc1.OCCCNCc1ccccc1.OCc1ccccc1. The molecule has 0 amide bonds. The molecule has 39 heavy (non-hydrogen) atoms. The zero-order chi connectivity index (χ0) is 29.2. The van der Waals surface area contributed by atoms with Crippen LogP contribution in [-0.4, -0.2) is 78.3 Å². The molecular weight excluding hydrogens is 494 g/mol. The third-order valence-corrected chi connectivity index (χ3v) is 4.56. The highest BCUT2D eigenvalue weighted by Gasteiger charge is 1.89. The molecule has 0 aliphatic rings. The van der Waals surface area contributed by atoms with Crippen molar-refractivity contribution < 1.29 is 25.5 Å². The van der Waals surface area contributed by atoms with Crippen LogP contribution in [0.4, 0.5) is 0 Å². The van der Waals surface area contributed by atoms with Crippen LogP contribution in [0.1, 0.15) is 36.0 Å². The van der Waals surface area contributed by atoms with Gasteiger partial charge in [0.15, 0.2) is 0 Å². The lowest BCUT2D eigenvalue weighted by molar-refractivity contribution is 0.282. The highest BCUT2D eigenvalue weighted by atomic mass is 16.3. The average Bonchev–Trinajstić information content (AvgIpc) is 3.01. The topological polar surface area (TPSA) is 152 Å². The summed E-state index contributed by atoms with van der Waals surface area (Å²) in [5.74, 6) is 0. The van der Waals surface area contributed by atoms with E-state index in [0.29, 0.717) is 13.1 Å². The van der Waals surface area contributed by atoms with Crippen molar-refractivity contribution in [3.05, 3.63) is 108 Å². The quantitative estimate of drug-likeness (QED) is 0.137. The Morgan fingerprint density at radius 1 is 0.667 bits per heavy atom. The van der Waals surface area contributed by atoms with Crippen molar-refractivity contribution in [3.8, 4) is 0 Å². The van der Waals surface area contributed by atoms with Gasteiger partial charge in [-0.15, -0.1) is 0 Å². The normalized spacial score (nSPS) is 9.51. The van der Waals surface area contributed by atoms with Crippen molar-refractivity contribution in [2.24, 2.45) is 10.7 Å². The number of benzene rings is 3. The molecule has 0 heterocycles. The second kappa shape index (κ2) is 33.1. The summed E-state index contributed by atoms with van der Waals surface area (Å²) in [5, 5.41) is 43.8. The molecule has 0 spiro atoms. The van der Waals surface area contributed by atoms with E-state index in [0.717, 1.165) is 50.6 Å². The molecule has 8 heteroatoms. The lowest BCUT2D eigenvalue weighted by Crippen LogP contribution is -2.15. The molecule has 0 aliphatic heterocycles. The molecule has 0 saturated heterocycles. The van der Waals surface area contributed by atoms with Gasteiger partial charge >= 0.3 is 0 Å². The number of aliphatic hydroxyl groups is 5. The first-order chi connectivity index (χ1) is 19.2. The number of aliphatic hydroxyl groups excluding tert-OH is 5. The van der Waals surface area contributed by atoms with E-state index >= 15 is 0 Å². The number of nitrogens with two attached hydrogens (primary N) is 1.